The van der Waals surface area contributed by atoms with E-state index in [1.807, 2.05) is 0 Å². The lowest BCUT2D eigenvalue weighted by Gasteiger charge is -2.30. The summed E-state index contributed by atoms with van der Waals surface area (Å²) in [5.41, 5.74) is -0.683. The molecule has 0 spiro atoms. The van der Waals surface area contributed by atoms with E-state index in [1.54, 1.807) is 6.07 Å². The fraction of sp³-hybridized carbons (Fsp3) is 0.333. The van der Waals surface area contributed by atoms with Crippen molar-refractivity contribution in [2.75, 3.05) is 6.26 Å². The number of sulfone groups is 1. The smallest absolute Gasteiger partial charge is 0.339 e. The van der Waals surface area contributed by atoms with E-state index >= 15 is 0 Å². The van der Waals surface area contributed by atoms with E-state index < -0.39 is 69.9 Å². The van der Waals surface area contributed by atoms with E-state index in [0.717, 1.165) is 12.3 Å². The van der Waals surface area contributed by atoms with Gasteiger partial charge in [0, 0.05) is 12.7 Å². The molecule has 3 aromatic carbocycles. The Kier molecular flexibility index (Phi) is 10.5. The SMILES string of the molecule is CC(C)[C@H](N[C@@H](c1ccc(-c2ccc(S(C)(=O)=O)cc2)cc1)C(F)(F)F)C(=O)N[C@H](C#N)Cc1ccc(C(F)(F)F)cc1F. The zero-order chi connectivity index (χ0) is 33.0. The number of benzene rings is 3. The Hall–Kier alpha value is -3.96. The molecule has 3 atom stereocenters. The highest BCUT2D eigenvalue weighted by atomic mass is 32.2. The van der Waals surface area contributed by atoms with Crippen molar-refractivity contribution >= 4 is 15.7 Å². The molecule has 0 unspecified atom stereocenters. The minimum absolute atomic E-state index is 0.0836. The summed E-state index contributed by atoms with van der Waals surface area (Å²) >= 11 is 0. The standard InChI is InChI=1S/C30H28F7N3O3S/c1-17(2)26(28(41)39-23(16-38)14-21-8-11-22(15-25(21)31)29(32,33)34)40-27(30(35,36)37)20-6-4-18(5-7-20)19-9-12-24(13-10-19)44(3,42)43/h4-13,15,17,23,26-27,40H,14H2,1-3H3,(H,39,41)/t23-,26-,27-/m0/s1. The van der Waals surface area contributed by atoms with E-state index in [9.17, 15) is 49.2 Å². The minimum atomic E-state index is -4.86. The number of amides is 1. The van der Waals surface area contributed by atoms with Gasteiger partial charge in [0.1, 0.15) is 17.9 Å². The highest BCUT2D eigenvalue weighted by Gasteiger charge is 2.43. The van der Waals surface area contributed by atoms with Gasteiger partial charge in [-0.1, -0.05) is 56.3 Å². The van der Waals surface area contributed by atoms with Crippen LogP contribution < -0.4 is 10.6 Å². The van der Waals surface area contributed by atoms with E-state index in [-0.39, 0.29) is 22.1 Å². The van der Waals surface area contributed by atoms with Gasteiger partial charge in [0.2, 0.25) is 5.91 Å². The van der Waals surface area contributed by atoms with Crippen LogP contribution in [0.15, 0.2) is 71.6 Å². The first-order valence-electron chi connectivity index (χ1n) is 13.1. The van der Waals surface area contributed by atoms with E-state index in [0.29, 0.717) is 17.2 Å². The van der Waals surface area contributed by atoms with E-state index in [4.69, 9.17) is 0 Å². The molecule has 3 aromatic rings. The van der Waals surface area contributed by atoms with Crippen LogP contribution in [0.5, 0.6) is 0 Å². The molecule has 0 aliphatic carbocycles. The predicted molar refractivity (Wildman–Crippen MR) is 148 cm³/mol. The number of halogens is 7. The summed E-state index contributed by atoms with van der Waals surface area (Å²) in [6.45, 7) is 2.95. The maximum Gasteiger partial charge on any atom is 0.416 e. The summed E-state index contributed by atoms with van der Waals surface area (Å²) in [6.07, 6.45) is -9.12. The quantitative estimate of drug-likeness (QED) is 0.250. The summed E-state index contributed by atoms with van der Waals surface area (Å²) in [7, 11) is -3.43. The molecule has 6 nitrogen and oxygen atoms in total. The number of nitrogens with one attached hydrogen (secondary N) is 2. The lowest BCUT2D eigenvalue weighted by molar-refractivity contribution is -0.161. The number of hydrogen-bond acceptors (Lipinski definition) is 5. The lowest BCUT2D eigenvalue weighted by Crippen LogP contribution is -2.53. The van der Waals surface area contributed by atoms with Crippen molar-refractivity contribution in [3.63, 3.8) is 0 Å². The second kappa shape index (κ2) is 13.4. The Bertz CT molecular complexity index is 1610. The molecule has 0 bridgehead atoms. The third-order valence-corrected chi connectivity index (χ3v) is 7.89. The van der Waals surface area contributed by atoms with Crippen LogP contribution in [0.25, 0.3) is 11.1 Å². The third-order valence-electron chi connectivity index (χ3n) is 6.76. The van der Waals surface area contributed by atoms with E-state index in [2.05, 4.69) is 10.6 Å². The number of hydrogen-bond donors (Lipinski definition) is 2. The molecule has 44 heavy (non-hydrogen) atoms. The van der Waals surface area contributed by atoms with Crippen LogP contribution in [0.2, 0.25) is 0 Å². The Balaban J connectivity index is 1.80. The van der Waals surface area contributed by atoms with Gasteiger partial charge in [0.05, 0.1) is 22.6 Å². The van der Waals surface area contributed by atoms with E-state index in [1.165, 1.54) is 62.4 Å². The summed E-state index contributed by atoms with van der Waals surface area (Å²) < 4.78 is 119. The van der Waals surface area contributed by atoms with Gasteiger partial charge < -0.3 is 5.32 Å². The van der Waals surface area contributed by atoms with Crippen LogP contribution in [-0.2, 0) is 27.2 Å². The van der Waals surface area contributed by atoms with Crippen molar-refractivity contribution in [1.29, 1.82) is 5.26 Å². The Morgan fingerprint density at radius 3 is 1.89 bits per heavy atom. The molecule has 1 amide bonds. The Labute approximate surface area is 249 Å². The van der Waals surface area contributed by atoms with Gasteiger partial charge in [-0.05, 0) is 52.4 Å². The highest BCUT2D eigenvalue weighted by molar-refractivity contribution is 7.90. The van der Waals surface area contributed by atoms with Gasteiger partial charge >= 0.3 is 12.4 Å². The van der Waals surface area contributed by atoms with Gasteiger partial charge in [-0.2, -0.15) is 31.6 Å². The normalized spacial score (nSPS) is 14.5. The first-order valence-corrected chi connectivity index (χ1v) is 15.0. The number of alkyl halides is 6. The van der Waals surface area contributed by atoms with Gasteiger partial charge in [-0.15, -0.1) is 0 Å². The summed E-state index contributed by atoms with van der Waals surface area (Å²) in [5.74, 6) is -2.95. The van der Waals surface area contributed by atoms with Crippen LogP contribution in [-0.4, -0.2) is 38.8 Å². The number of nitrogens with zero attached hydrogens (tertiary/aromatic N) is 1. The largest absolute Gasteiger partial charge is 0.416 e. The van der Waals surface area contributed by atoms with Crippen LogP contribution in [0.3, 0.4) is 0 Å². The summed E-state index contributed by atoms with van der Waals surface area (Å²) in [5, 5.41) is 14.1. The molecule has 0 saturated heterocycles. The Morgan fingerprint density at radius 2 is 1.45 bits per heavy atom. The average molecular weight is 644 g/mol. The molecular formula is C30H28F7N3O3S. The number of carbonyl (C=O) groups is 1. The lowest BCUT2D eigenvalue weighted by atomic mass is 9.97. The van der Waals surface area contributed by atoms with Crippen molar-refractivity contribution in [3.8, 4) is 17.2 Å². The fourth-order valence-electron chi connectivity index (χ4n) is 4.39. The van der Waals surface area contributed by atoms with Crippen molar-refractivity contribution in [2.24, 2.45) is 5.92 Å². The molecule has 14 heteroatoms. The van der Waals surface area contributed by atoms with Crippen molar-refractivity contribution in [2.45, 2.75) is 55.6 Å². The van der Waals surface area contributed by atoms with Crippen molar-refractivity contribution in [3.05, 3.63) is 89.2 Å². The summed E-state index contributed by atoms with van der Waals surface area (Å²) in [6, 6.07) is 9.23. The second-order valence-electron chi connectivity index (χ2n) is 10.5. The van der Waals surface area contributed by atoms with Crippen LogP contribution in [0.4, 0.5) is 30.7 Å². The number of nitriles is 1. The van der Waals surface area contributed by atoms with Crippen LogP contribution in [0.1, 0.15) is 36.6 Å². The molecule has 3 rings (SSSR count). The van der Waals surface area contributed by atoms with Gasteiger partial charge in [0.25, 0.3) is 0 Å². The minimum Gasteiger partial charge on any atom is -0.339 e. The second-order valence-corrected chi connectivity index (χ2v) is 12.5. The van der Waals surface area contributed by atoms with Crippen LogP contribution >= 0.6 is 0 Å². The molecule has 0 aliphatic heterocycles. The molecule has 0 heterocycles. The monoisotopic (exact) mass is 643 g/mol. The fourth-order valence-corrected chi connectivity index (χ4v) is 5.02. The zero-order valence-electron chi connectivity index (χ0n) is 23.6. The predicted octanol–water partition coefficient (Wildman–Crippen LogP) is 6.38. The molecule has 0 radical (unpaired) electrons. The number of rotatable bonds is 10. The highest BCUT2D eigenvalue weighted by Crippen LogP contribution is 2.35. The first kappa shape index (κ1) is 34.5. The third kappa shape index (κ3) is 8.79. The van der Waals surface area contributed by atoms with Crippen molar-refractivity contribution in [1.82, 2.24) is 10.6 Å². The van der Waals surface area contributed by atoms with Crippen molar-refractivity contribution < 1.29 is 43.9 Å². The molecule has 0 fully saturated rings. The molecule has 236 valence electrons. The Morgan fingerprint density at radius 1 is 0.909 bits per heavy atom. The summed E-state index contributed by atoms with van der Waals surface area (Å²) in [4.78, 5) is 13.2. The van der Waals surface area contributed by atoms with Crippen LogP contribution in [0, 0.1) is 23.1 Å². The topological polar surface area (TPSA) is 99.1 Å². The van der Waals surface area contributed by atoms with Gasteiger partial charge in [0.15, 0.2) is 9.84 Å². The molecule has 0 saturated carbocycles. The molecule has 2 N–H and O–H groups in total. The first-order chi connectivity index (χ1) is 20.3. The zero-order valence-corrected chi connectivity index (χ0v) is 24.4. The molecule has 0 aliphatic rings. The maximum absolute atomic E-state index is 14.3. The maximum atomic E-state index is 14.3. The van der Waals surface area contributed by atoms with Gasteiger partial charge in [-0.3, -0.25) is 10.1 Å². The average Bonchev–Trinajstić information content (AvgIpc) is 2.92. The van der Waals surface area contributed by atoms with Gasteiger partial charge in [-0.25, -0.2) is 12.8 Å². The molecular weight excluding hydrogens is 615 g/mol. The number of carbonyl (C=O) groups excluding carboxylic acids is 1. The molecule has 0 aromatic heterocycles.